The van der Waals surface area contributed by atoms with Crippen molar-refractivity contribution in [3.8, 4) is 11.4 Å². The topological polar surface area (TPSA) is 63.7 Å². The van der Waals surface area contributed by atoms with E-state index in [2.05, 4.69) is 20.2 Å². The molecular weight excluding hydrogens is 192 g/mol. The zero-order valence-corrected chi connectivity index (χ0v) is 8.47. The lowest BCUT2D eigenvalue weighted by molar-refractivity contribution is 0.200. The van der Waals surface area contributed by atoms with E-state index in [1.807, 2.05) is 12.1 Å². The molecule has 0 aliphatic heterocycles. The van der Waals surface area contributed by atoms with E-state index in [9.17, 15) is 0 Å². The highest BCUT2D eigenvalue weighted by Crippen LogP contribution is 2.11. The highest BCUT2D eigenvalue weighted by Gasteiger charge is 2.04. The third kappa shape index (κ3) is 2.38. The Morgan fingerprint density at radius 1 is 1.47 bits per heavy atom. The number of hydrogen-bond acceptors (Lipinski definition) is 4. The maximum Gasteiger partial charge on any atom is 0.182 e. The van der Waals surface area contributed by atoms with Gasteiger partial charge in [-0.05, 0) is 12.1 Å². The smallest absolute Gasteiger partial charge is 0.182 e. The Kier molecular flexibility index (Phi) is 3.04. The summed E-state index contributed by atoms with van der Waals surface area (Å²) in [4.78, 5) is 8.35. The van der Waals surface area contributed by atoms with Crippen LogP contribution in [0, 0.1) is 0 Å². The van der Waals surface area contributed by atoms with Crippen LogP contribution in [0.4, 0.5) is 0 Å². The summed E-state index contributed by atoms with van der Waals surface area (Å²) in [6.07, 6.45) is 4.20. The first-order chi connectivity index (χ1) is 7.40. The monoisotopic (exact) mass is 204 g/mol. The molecule has 0 bridgehead atoms. The van der Waals surface area contributed by atoms with Crippen LogP contribution in [0.3, 0.4) is 0 Å². The zero-order chi connectivity index (χ0) is 10.5. The Balaban J connectivity index is 2.14. The number of ether oxygens (including phenoxy) is 1. The van der Waals surface area contributed by atoms with Gasteiger partial charge in [-0.2, -0.15) is 5.10 Å². The van der Waals surface area contributed by atoms with Crippen LogP contribution in [0.2, 0.25) is 0 Å². The molecule has 2 aromatic rings. The molecule has 78 valence electrons. The van der Waals surface area contributed by atoms with Gasteiger partial charge in [-0.25, -0.2) is 4.98 Å². The quantitative estimate of drug-likeness (QED) is 0.808. The molecule has 5 heteroatoms. The summed E-state index contributed by atoms with van der Waals surface area (Å²) in [7, 11) is 1.67. The molecule has 0 atom stereocenters. The molecule has 0 spiro atoms. The highest BCUT2D eigenvalue weighted by atomic mass is 16.5. The van der Waals surface area contributed by atoms with Gasteiger partial charge in [-0.3, -0.25) is 10.1 Å². The maximum absolute atomic E-state index is 4.96. The molecular formula is C10H12N4O. The second-order valence-electron chi connectivity index (χ2n) is 3.09. The third-order valence-corrected chi connectivity index (χ3v) is 1.99. The summed E-state index contributed by atoms with van der Waals surface area (Å²) in [5.41, 5.74) is 0.914. The van der Waals surface area contributed by atoms with Crippen LogP contribution in [0.5, 0.6) is 0 Å². The van der Waals surface area contributed by atoms with Gasteiger partial charge in [0.25, 0.3) is 0 Å². The van der Waals surface area contributed by atoms with Gasteiger partial charge < -0.3 is 4.74 Å². The Hall–Kier alpha value is -1.75. The van der Waals surface area contributed by atoms with Crippen molar-refractivity contribution >= 4 is 0 Å². The molecule has 0 unspecified atom stereocenters. The molecule has 2 heterocycles. The second-order valence-corrected chi connectivity index (χ2v) is 3.09. The van der Waals surface area contributed by atoms with Gasteiger partial charge in [0.1, 0.15) is 5.82 Å². The maximum atomic E-state index is 4.96. The molecule has 2 rings (SSSR count). The number of hydrogen-bond donors (Lipinski definition) is 1. The van der Waals surface area contributed by atoms with E-state index in [0.29, 0.717) is 12.4 Å². The number of aromatic amines is 1. The third-order valence-electron chi connectivity index (χ3n) is 1.99. The molecule has 0 saturated carbocycles. The zero-order valence-electron chi connectivity index (χ0n) is 8.47. The number of H-pyrrole nitrogens is 1. The van der Waals surface area contributed by atoms with E-state index in [1.165, 1.54) is 0 Å². The van der Waals surface area contributed by atoms with E-state index in [4.69, 9.17) is 4.74 Å². The van der Waals surface area contributed by atoms with Gasteiger partial charge in [0.15, 0.2) is 5.82 Å². The predicted molar refractivity (Wildman–Crippen MR) is 55.2 cm³/mol. The Labute approximate surface area is 87.5 Å². The summed E-state index contributed by atoms with van der Waals surface area (Å²) in [5.74, 6) is 1.50. The summed E-state index contributed by atoms with van der Waals surface area (Å²) in [6.45, 7) is 0.641. The summed E-state index contributed by atoms with van der Waals surface area (Å²) in [6, 6.07) is 3.79. The minimum absolute atomic E-state index is 0.641. The first kappa shape index (κ1) is 9.79. The van der Waals surface area contributed by atoms with Gasteiger partial charge in [-0.1, -0.05) is 0 Å². The van der Waals surface area contributed by atoms with Crippen LogP contribution in [0.15, 0.2) is 24.5 Å². The van der Waals surface area contributed by atoms with Crippen molar-refractivity contribution in [3.63, 3.8) is 0 Å². The molecule has 0 aromatic carbocycles. The average Bonchev–Trinajstić information content (AvgIpc) is 2.76. The largest absolute Gasteiger partial charge is 0.384 e. The van der Waals surface area contributed by atoms with Gasteiger partial charge in [-0.15, -0.1) is 0 Å². The molecule has 0 aliphatic rings. The van der Waals surface area contributed by atoms with Crippen molar-refractivity contribution in [3.05, 3.63) is 30.4 Å². The summed E-state index contributed by atoms with van der Waals surface area (Å²) >= 11 is 0. The fraction of sp³-hybridized carbons (Fsp3) is 0.300. The van der Waals surface area contributed by atoms with Gasteiger partial charge >= 0.3 is 0 Å². The fourth-order valence-corrected chi connectivity index (χ4v) is 1.23. The Bertz CT molecular complexity index is 412. The Morgan fingerprint density at radius 2 is 2.40 bits per heavy atom. The fourth-order valence-electron chi connectivity index (χ4n) is 1.23. The molecule has 0 aliphatic carbocycles. The first-order valence-electron chi connectivity index (χ1n) is 4.71. The standard InChI is InChI=1S/C10H12N4O/c1-15-6-4-9-12-10(14-13-9)8-3-2-5-11-7-8/h2-3,5,7H,4,6H2,1H3,(H,12,13,14). The van der Waals surface area contributed by atoms with Crippen molar-refractivity contribution in [2.75, 3.05) is 13.7 Å². The van der Waals surface area contributed by atoms with Crippen LogP contribution in [0.25, 0.3) is 11.4 Å². The number of methoxy groups -OCH3 is 1. The van der Waals surface area contributed by atoms with Crippen LogP contribution >= 0.6 is 0 Å². The molecule has 0 saturated heterocycles. The van der Waals surface area contributed by atoms with Crippen molar-refractivity contribution in [1.82, 2.24) is 20.2 Å². The molecule has 0 fully saturated rings. The molecule has 2 aromatic heterocycles. The van der Waals surface area contributed by atoms with Gasteiger partial charge in [0, 0.05) is 31.5 Å². The van der Waals surface area contributed by atoms with E-state index in [0.717, 1.165) is 17.8 Å². The SMILES string of the molecule is COCCc1nc(-c2cccnc2)n[nH]1. The van der Waals surface area contributed by atoms with E-state index < -0.39 is 0 Å². The van der Waals surface area contributed by atoms with Crippen LogP contribution in [-0.4, -0.2) is 33.9 Å². The molecule has 15 heavy (non-hydrogen) atoms. The summed E-state index contributed by atoms with van der Waals surface area (Å²) < 4.78 is 4.96. The highest BCUT2D eigenvalue weighted by molar-refractivity contribution is 5.52. The molecule has 0 amide bonds. The molecule has 5 nitrogen and oxygen atoms in total. The van der Waals surface area contributed by atoms with E-state index >= 15 is 0 Å². The number of rotatable bonds is 4. The number of pyridine rings is 1. The van der Waals surface area contributed by atoms with E-state index in [1.54, 1.807) is 19.5 Å². The minimum atomic E-state index is 0.641. The van der Waals surface area contributed by atoms with Crippen LogP contribution in [0.1, 0.15) is 5.82 Å². The van der Waals surface area contributed by atoms with Crippen LogP contribution < -0.4 is 0 Å². The average molecular weight is 204 g/mol. The summed E-state index contributed by atoms with van der Waals surface area (Å²) in [5, 5.41) is 6.98. The molecule has 0 radical (unpaired) electrons. The molecule has 1 N–H and O–H groups in total. The van der Waals surface area contributed by atoms with Crippen molar-refractivity contribution in [2.45, 2.75) is 6.42 Å². The van der Waals surface area contributed by atoms with Crippen molar-refractivity contribution in [1.29, 1.82) is 0 Å². The first-order valence-corrected chi connectivity index (χ1v) is 4.71. The van der Waals surface area contributed by atoms with Gasteiger partial charge in [0.2, 0.25) is 0 Å². The normalized spacial score (nSPS) is 10.5. The predicted octanol–water partition coefficient (Wildman–Crippen LogP) is 1.06. The van der Waals surface area contributed by atoms with Crippen molar-refractivity contribution < 1.29 is 4.74 Å². The van der Waals surface area contributed by atoms with Gasteiger partial charge in [0.05, 0.1) is 6.61 Å². The minimum Gasteiger partial charge on any atom is -0.384 e. The van der Waals surface area contributed by atoms with Crippen LogP contribution in [-0.2, 0) is 11.2 Å². The lowest BCUT2D eigenvalue weighted by Gasteiger charge is -1.93. The lowest BCUT2D eigenvalue weighted by Crippen LogP contribution is -1.96. The second kappa shape index (κ2) is 4.65. The number of aromatic nitrogens is 4. The Morgan fingerprint density at radius 3 is 3.13 bits per heavy atom. The van der Waals surface area contributed by atoms with E-state index in [-0.39, 0.29) is 0 Å². The number of nitrogens with one attached hydrogen (secondary N) is 1. The lowest BCUT2D eigenvalue weighted by atomic mass is 10.3. The number of nitrogens with zero attached hydrogens (tertiary/aromatic N) is 3. The van der Waals surface area contributed by atoms with Crippen molar-refractivity contribution in [2.24, 2.45) is 0 Å².